The zero-order valence-corrected chi connectivity index (χ0v) is 17.1. The second-order valence-electron chi connectivity index (χ2n) is 8.79. The summed E-state index contributed by atoms with van der Waals surface area (Å²) in [6, 6.07) is 2.38. The quantitative estimate of drug-likeness (QED) is 0.772. The molecule has 1 saturated carbocycles. The molecule has 1 aliphatic carbocycles. The molecule has 0 bridgehead atoms. The van der Waals surface area contributed by atoms with Crippen LogP contribution in [0.1, 0.15) is 50.0 Å². The van der Waals surface area contributed by atoms with E-state index in [1.165, 1.54) is 0 Å². The Kier molecular flexibility index (Phi) is 5.71. The van der Waals surface area contributed by atoms with Crippen molar-refractivity contribution in [3.63, 3.8) is 0 Å². The van der Waals surface area contributed by atoms with Crippen LogP contribution in [0.25, 0.3) is 0 Å². The maximum absolute atomic E-state index is 12.9. The fourth-order valence-electron chi connectivity index (χ4n) is 4.69. The van der Waals surface area contributed by atoms with E-state index in [9.17, 15) is 9.59 Å². The van der Waals surface area contributed by atoms with E-state index in [-0.39, 0.29) is 11.8 Å². The van der Waals surface area contributed by atoms with Crippen molar-refractivity contribution in [1.29, 1.82) is 0 Å². The fraction of sp³-hybridized carbons (Fsp3) is 0.762. The number of carbonyl (C=O) groups excluding carboxylic acids is 2. The molecular weight excluding hydrogens is 356 g/mol. The predicted molar refractivity (Wildman–Crippen MR) is 104 cm³/mol. The van der Waals surface area contributed by atoms with Gasteiger partial charge in [0.2, 0.25) is 11.8 Å². The van der Waals surface area contributed by atoms with Crippen LogP contribution in [0.2, 0.25) is 0 Å². The summed E-state index contributed by atoms with van der Waals surface area (Å²) < 4.78 is 5.25. The third-order valence-electron chi connectivity index (χ3n) is 6.47. The maximum atomic E-state index is 12.9. The topological polar surface area (TPSA) is 69.9 Å². The van der Waals surface area contributed by atoms with Crippen LogP contribution in [0.15, 0.2) is 10.6 Å². The number of likely N-dealkylation sites (tertiary alicyclic amines) is 2. The molecule has 0 spiro atoms. The maximum Gasteiger partial charge on any atom is 0.227 e. The highest BCUT2D eigenvalue weighted by molar-refractivity contribution is 5.81. The number of hydrogen-bond acceptors (Lipinski definition) is 5. The van der Waals surface area contributed by atoms with Gasteiger partial charge in [0, 0.05) is 44.7 Å². The van der Waals surface area contributed by atoms with E-state index in [4.69, 9.17) is 4.52 Å². The highest BCUT2D eigenvalue weighted by Crippen LogP contribution is 2.33. The van der Waals surface area contributed by atoms with Crippen molar-refractivity contribution < 1.29 is 14.1 Å². The molecule has 0 radical (unpaired) electrons. The Balaban J connectivity index is 1.27. The van der Waals surface area contributed by atoms with E-state index >= 15 is 0 Å². The first-order chi connectivity index (χ1) is 13.5. The Morgan fingerprint density at radius 3 is 2.54 bits per heavy atom. The molecule has 3 fully saturated rings. The molecule has 0 unspecified atom stereocenters. The van der Waals surface area contributed by atoms with E-state index in [1.807, 2.05) is 20.0 Å². The predicted octanol–water partition coefficient (Wildman–Crippen LogP) is 2.05. The number of rotatable bonds is 5. The third kappa shape index (κ3) is 4.40. The van der Waals surface area contributed by atoms with Gasteiger partial charge >= 0.3 is 0 Å². The molecule has 154 valence electrons. The third-order valence-corrected chi connectivity index (χ3v) is 6.47. The minimum Gasteiger partial charge on any atom is -0.359 e. The van der Waals surface area contributed by atoms with Crippen molar-refractivity contribution in [2.75, 3.05) is 33.2 Å². The van der Waals surface area contributed by atoms with E-state index in [1.54, 1.807) is 4.90 Å². The lowest BCUT2D eigenvalue weighted by Crippen LogP contribution is -2.51. The molecule has 1 atom stereocenters. The van der Waals surface area contributed by atoms with Crippen molar-refractivity contribution >= 4 is 11.8 Å². The SMILES string of the molecule is Cc1cc(CN(C)C(=O)[C@H]2CCCN(C3CCN(C(=O)C4CC4)CC3)C2)on1. The minimum atomic E-state index is 0.0499. The lowest BCUT2D eigenvalue weighted by atomic mass is 9.92. The number of carbonyl (C=O) groups is 2. The molecule has 3 aliphatic rings. The van der Waals surface area contributed by atoms with Crippen LogP contribution in [0.5, 0.6) is 0 Å². The number of amides is 2. The molecule has 4 rings (SSSR count). The number of aromatic nitrogens is 1. The molecular formula is C21H32N4O3. The van der Waals surface area contributed by atoms with E-state index < -0.39 is 0 Å². The van der Waals surface area contributed by atoms with Crippen LogP contribution in [0.4, 0.5) is 0 Å². The van der Waals surface area contributed by atoms with Gasteiger partial charge in [0.25, 0.3) is 0 Å². The molecule has 2 saturated heterocycles. The first kappa shape index (κ1) is 19.4. The first-order valence-electron chi connectivity index (χ1n) is 10.7. The molecule has 2 aliphatic heterocycles. The van der Waals surface area contributed by atoms with Gasteiger partial charge in [0.05, 0.1) is 18.2 Å². The van der Waals surface area contributed by atoms with Crippen LogP contribution in [0.3, 0.4) is 0 Å². The Hall–Kier alpha value is -1.89. The van der Waals surface area contributed by atoms with Gasteiger partial charge in [0.15, 0.2) is 5.76 Å². The van der Waals surface area contributed by atoms with E-state index in [2.05, 4.69) is 15.0 Å². The van der Waals surface area contributed by atoms with Crippen LogP contribution in [-0.2, 0) is 16.1 Å². The normalized spacial score (nSPS) is 24.4. The second kappa shape index (κ2) is 8.23. The highest BCUT2D eigenvalue weighted by atomic mass is 16.5. The van der Waals surface area contributed by atoms with Crippen LogP contribution in [0, 0.1) is 18.8 Å². The summed E-state index contributed by atoms with van der Waals surface area (Å²) in [5.74, 6) is 1.66. The van der Waals surface area contributed by atoms with Gasteiger partial charge in [-0.1, -0.05) is 5.16 Å². The van der Waals surface area contributed by atoms with Crippen LogP contribution in [-0.4, -0.2) is 70.9 Å². The summed E-state index contributed by atoms with van der Waals surface area (Å²) in [4.78, 5) is 31.5. The molecule has 7 heteroatoms. The van der Waals surface area contributed by atoms with Gasteiger partial charge in [-0.25, -0.2) is 0 Å². The fourth-order valence-corrected chi connectivity index (χ4v) is 4.69. The van der Waals surface area contributed by atoms with Gasteiger partial charge in [-0.15, -0.1) is 0 Å². The second-order valence-corrected chi connectivity index (χ2v) is 8.79. The highest BCUT2D eigenvalue weighted by Gasteiger charge is 2.37. The van der Waals surface area contributed by atoms with Crippen molar-refractivity contribution in [3.8, 4) is 0 Å². The smallest absolute Gasteiger partial charge is 0.227 e. The summed E-state index contributed by atoms with van der Waals surface area (Å²) in [6.07, 6.45) is 6.24. The Morgan fingerprint density at radius 2 is 1.89 bits per heavy atom. The van der Waals surface area contributed by atoms with Crippen molar-refractivity contribution in [2.45, 2.75) is 58.0 Å². The first-order valence-corrected chi connectivity index (χ1v) is 10.7. The molecule has 0 N–H and O–H groups in total. The summed E-state index contributed by atoms with van der Waals surface area (Å²) in [5.41, 5.74) is 0.839. The number of nitrogens with zero attached hydrogens (tertiary/aromatic N) is 4. The average molecular weight is 389 g/mol. The molecule has 1 aromatic rings. The largest absolute Gasteiger partial charge is 0.359 e. The Bertz CT molecular complexity index is 706. The van der Waals surface area contributed by atoms with Gasteiger partial charge < -0.3 is 14.3 Å². The van der Waals surface area contributed by atoms with Gasteiger partial charge in [-0.2, -0.15) is 0 Å². The molecule has 0 aromatic carbocycles. The molecule has 2 amide bonds. The Labute approximate surface area is 167 Å². The summed E-state index contributed by atoms with van der Waals surface area (Å²) >= 11 is 0. The zero-order chi connectivity index (χ0) is 19.7. The molecule has 3 heterocycles. The van der Waals surface area contributed by atoms with Gasteiger partial charge in [-0.05, 0) is 52.0 Å². The molecule has 28 heavy (non-hydrogen) atoms. The number of aryl methyl sites for hydroxylation is 1. The standard InChI is InChI=1S/C21H32N4O3/c1-15-12-19(28-22-15)14-23(2)20(26)17-4-3-9-25(13-17)18-7-10-24(11-8-18)21(27)16-5-6-16/h12,16-18H,3-11,13-14H2,1-2H3/t17-/m0/s1. The van der Waals surface area contributed by atoms with Crippen molar-refractivity contribution in [1.82, 2.24) is 19.9 Å². The van der Waals surface area contributed by atoms with Crippen LogP contribution < -0.4 is 0 Å². The molecule has 7 nitrogen and oxygen atoms in total. The number of hydrogen-bond donors (Lipinski definition) is 0. The monoisotopic (exact) mass is 388 g/mol. The van der Waals surface area contributed by atoms with Crippen LogP contribution >= 0.6 is 0 Å². The zero-order valence-electron chi connectivity index (χ0n) is 17.1. The Morgan fingerprint density at radius 1 is 1.14 bits per heavy atom. The van der Waals surface area contributed by atoms with E-state index in [0.29, 0.717) is 24.4 Å². The summed E-state index contributed by atoms with van der Waals surface area (Å²) in [7, 11) is 1.85. The molecule has 1 aromatic heterocycles. The van der Waals surface area contributed by atoms with E-state index in [0.717, 1.165) is 76.2 Å². The lowest BCUT2D eigenvalue weighted by Gasteiger charge is -2.42. The van der Waals surface area contributed by atoms with Crippen molar-refractivity contribution in [3.05, 3.63) is 17.5 Å². The van der Waals surface area contributed by atoms with Gasteiger partial charge in [0.1, 0.15) is 0 Å². The summed E-state index contributed by atoms with van der Waals surface area (Å²) in [6.45, 7) is 6.00. The van der Waals surface area contributed by atoms with Gasteiger partial charge in [-0.3, -0.25) is 14.5 Å². The average Bonchev–Trinajstić information content (AvgIpc) is 3.49. The minimum absolute atomic E-state index is 0.0499. The number of piperidine rings is 2. The lowest BCUT2D eigenvalue weighted by molar-refractivity contribution is -0.137. The van der Waals surface area contributed by atoms with Crippen molar-refractivity contribution in [2.24, 2.45) is 11.8 Å². The summed E-state index contributed by atoms with van der Waals surface area (Å²) in [5, 5.41) is 3.90.